The summed E-state index contributed by atoms with van der Waals surface area (Å²) in [6.07, 6.45) is 1.08. The molecule has 1 aromatic heterocycles. The van der Waals surface area contributed by atoms with E-state index in [1.807, 2.05) is 25.1 Å². The molecule has 0 saturated carbocycles. The van der Waals surface area contributed by atoms with E-state index in [4.69, 9.17) is 11.6 Å². The van der Waals surface area contributed by atoms with Gasteiger partial charge in [-0.2, -0.15) is 0 Å². The van der Waals surface area contributed by atoms with Crippen LogP contribution in [0.1, 0.15) is 24.3 Å². The number of aliphatic hydroxyl groups excluding tert-OH is 1. The maximum absolute atomic E-state index is 9.51. The number of benzene rings is 1. The van der Waals surface area contributed by atoms with Crippen LogP contribution in [0.5, 0.6) is 0 Å². The Kier molecular flexibility index (Phi) is 3.41. The number of aliphatic hydroxyl groups is 1. The van der Waals surface area contributed by atoms with E-state index in [-0.39, 0.29) is 0 Å². The second-order valence-corrected chi connectivity index (χ2v) is 4.30. The summed E-state index contributed by atoms with van der Waals surface area (Å²) in [7, 11) is 0. The van der Waals surface area contributed by atoms with E-state index in [9.17, 15) is 5.11 Å². The van der Waals surface area contributed by atoms with Crippen molar-refractivity contribution in [2.45, 2.75) is 20.0 Å². The van der Waals surface area contributed by atoms with Gasteiger partial charge in [-0.25, -0.2) is 9.97 Å². The molecule has 0 amide bonds. The van der Waals surface area contributed by atoms with E-state index < -0.39 is 6.10 Å². The third kappa shape index (κ3) is 2.46. The maximum atomic E-state index is 9.51. The van der Waals surface area contributed by atoms with Crippen LogP contribution in [0.15, 0.2) is 30.5 Å². The highest BCUT2D eigenvalue weighted by Gasteiger charge is 2.10. The SMILES string of the molecule is Cc1nc(-c2ccccc2Cl)ncc1[C@@H](C)O. The number of nitrogens with zero attached hydrogens (tertiary/aromatic N) is 2. The van der Waals surface area contributed by atoms with Gasteiger partial charge in [-0.05, 0) is 26.0 Å². The van der Waals surface area contributed by atoms with E-state index in [0.717, 1.165) is 16.8 Å². The molecule has 1 N–H and O–H groups in total. The van der Waals surface area contributed by atoms with E-state index in [1.165, 1.54) is 0 Å². The molecule has 2 aromatic rings. The Morgan fingerprint density at radius 3 is 2.59 bits per heavy atom. The quantitative estimate of drug-likeness (QED) is 0.888. The van der Waals surface area contributed by atoms with Gasteiger partial charge in [0, 0.05) is 23.0 Å². The van der Waals surface area contributed by atoms with Crippen molar-refractivity contribution < 1.29 is 5.11 Å². The van der Waals surface area contributed by atoms with Crippen LogP contribution >= 0.6 is 11.6 Å². The van der Waals surface area contributed by atoms with Crippen molar-refractivity contribution in [3.8, 4) is 11.4 Å². The van der Waals surface area contributed by atoms with Crippen LogP contribution in [0, 0.1) is 6.92 Å². The molecule has 0 bridgehead atoms. The highest BCUT2D eigenvalue weighted by Crippen LogP contribution is 2.25. The largest absolute Gasteiger partial charge is 0.389 e. The second kappa shape index (κ2) is 4.82. The number of aromatic nitrogens is 2. The van der Waals surface area contributed by atoms with Gasteiger partial charge in [0.1, 0.15) is 0 Å². The lowest BCUT2D eigenvalue weighted by atomic mass is 10.1. The van der Waals surface area contributed by atoms with E-state index in [0.29, 0.717) is 10.8 Å². The summed E-state index contributed by atoms with van der Waals surface area (Å²) in [5.74, 6) is 0.581. The zero-order valence-corrected chi connectivity index (χ0v) is 10.4. The zero-order chi connectivity index (χ0) is 12.4. The topological polar surface area (TPSA) is 46.0 Å². The summed E-state index contributed by atoms with van der Waals surface area (Å²) < 4.78 is 0. The Morgan fingerprint density at radius 1 is 1.29 bits per heavy atom. The molecule has 0 fully saturated rings. The van der Waals surface area contributed by atoms with Crippen LogP contribution in [-0.4, -0.2) is 15.1 Å². The first kappa shape index (κ1) is 12.0. The summed E-state index contributed by atoms with van der Waals surface area (Å²) >= 11 is 6.08. The van der Waals surface area contributed by atoms with Gasteiger partial charge in [0.15, 0.2) is 5.82 Å². The van der Waals surface area contributed by atoms with Crippen molar-refractivity contribution in [2.75, 3.05) is 0 Å². The summed E-state index contributed by atoms with van der Waals surface area (Å²) in [5, 5.41) is 10.1. The minimum atomic E-state index is -0.560. The smallest absolute Gasteiger partial charge is 0.160 e. The standard InChI is InChI=1S/C13H13ClN2O/c1-8-11(9(2)17)7-15-13(16-8)10-5-3-4-6-12(10)14/h3-7,9,17H,1-2H3/t9-/m1/s1. The molecule has 3 nitrogen and oxygen atoms in total. The van der Waals surface area contributed by atoms with Crippen molar-refractivity contribution >= 4 is 11.6 Å². The molecule has 2 rings (SSSR count). The first-order valence-electron chi connectivity index (χ1n) is 5.36. The average molecular weight is 249 g/mol. The molecule has 0 saturated heterocycles. The predicted octanol–water partition coefficient (Wildman–Crippen LogP) is 3.16. The van der Waals surface area contributed by atoms with Crippen LogP contribution in [0.2, 0.25) is 5.02 Å². The van der Waals surface area contributed by atoms with Gasteiger partial charge in [0.05, 0.1) is 11.1 Å². The zero-order valence-electron chi connectivity index (χ0n) is 9.68. The van der Waals surface area contributed by atoms with Gasteiger partial charge in [-0.3, -0.25) is 0 Å². The number of hydrogen-bond acceptors (Lipinski definition) is 3. The molecular formula is C13H13ClN2O. The summed E-state index contributed by atoms with van der Waals surface area (Å²) in [4.78, 5) is 8.61. The minimum Gasteiger partial charge on any atom is -0.389 e. The Labute approximate surface area is 105 Å². The average Bonchev–Trinajstić information content (AvgIpc) is 2.29. The Bertz CT molecular complexity index is 541. The molecule has 0 aliphatic heterocycles. The van der Waals surface area contributed by atoms with Crippen LogP contribution in [-0.2, 0) is 0 Å². The second-order valence-electron chi connectivity index (χ2n) is 3.89. The Morgan fingerprint density at radius 2 is 2.00 bits per heavy atom. The fourth-order valence-corrected chi connectivity index (χ4v) is 1.88. The molecule has 0 spiro atoms. The molecule has 0 aliphatic rings. The molecule has 1 aromatic carbocycles. The maximum Gasteiger partial charge on any atom is 0.160 e. The summed E-state index contributed by atoms with van der Waals surface area (Å²) in [6, 6.07) is 7.43. The van der Waals surface area contributed by atoms with Crippen molar-refractivity contribution in [2.24, 2.45) is 0 Å². The lowest BCUT2D eigenvalue weighted by molar-refractivity contribution is 0.197. The fraction of sp³-hybridized carbons (Fsp3) is 0.231. The molecule has 1 heterocycles. The molecule has 88 valence electrons. The lowest BCUT2D eigenvalue weighted by Gasteiger charge is -2.09. The van der Waals surface area contributed by atoms with Gasteiger partial charge in [0.2, 0.25) is 0 Å². The predicted molar refractivity (Wildman–Crippen MR) is 67.8 cm³/mol. The van der Waals surface area contributed by atoms with Crippen molar-refractivity contribution in [1.82, 2.24) is 9.97 Å². The van der Waals surface area contributed by atoms with Crippen LogP contribution in [0.4, 0.5) is 0 Å². The van der Waals surface area contributed by atoms with Gasteiger partial charge in [-0.15, -0.1) is 0 Å². The molecular weight excluding hydrogens is 236 g/mol. The van der Waals surface area contributed by atoms with Crippen molar-refractivity contribution in [3.63, 3.8) is 0 Å². The highest BCUT2D eigenvalue weighted by molar-refractivity contribution is 6.33. The lowest BCUT2D eigenvalue weighted by Crippen LogP contribution is -2.01. The first-order valence-corrected chi connectivity index (χ1v) is 5.74. The van der Waals surface area contributed by atoms with E-state index >= 15 is 0 Å². The molecule has 0 unspecified atom stereocenters. The Hall–Kier alpha value is -1.45. The van der Waals surface area contributed by atoms with E-state index in [2.05, 4.69) is 9.97 Å². The number of rotatable bonds is 2. The Balaban J connectivity index is 2.49. The summed E-state index contributed by atoms with van der Waals surface area (Å²) in [5.41, 5.74) is 2.31. The van der Waals surface area contributed by atoms with Gasteiger partial charge < -0.3 is 5.11 Å². The number of aryl methyl sites for hydroxylation is 1. The third-order valence-corrected chi connectivity index (χ3v) is 2.91. The minimum absolute atomic E-state index is 0.560. The van der Waals surface area contributed by atoms with Gasteiger partial charge >= 0.3 is 0 Å². The highest BCUT2D eigenvalue weighted by atomic mass is 35.5. The normalized spacial score (nSPS) is 12.5. The summed E-state index contributed by atoms with van der Waals surface area (Å²) in [6.45, 7) is 3.55. The van der Waals surface area contributed by atoms with Crippen molar-refractivity contribution in [3.05, 3.63) is 46.7 Å². The third-order valence-electron chi connectivity index (χ3n) is 2.58. The first-order chi connectivity index (χ1) is 8.09. The number of halogens is 1. The molecule has 0 aliphatic carbocycles. The molecule has 17 heavy (non-hydrogen) atoms. The molecule has 1 atom stereocenters. The van der Waals surface area contributed by atoms with E-state index in [1.54, 1.807) is 19.2 Å². The van der Waals surface area contributed by atoms with Crippen molar-refractivity contribution in [1.29, 1.82) is 0 Å². The van der Waals surface area contributed by atoms with Crippen LogP contribution < -0.4 is 0 Å². The van der Waals surface area contributed by atoms with Gasteiger partial charge in [0.25, 0.3) is 0 Å². The van der Waals surface area contributed by atoms with Crippen LogP contribution in [0.3, 0.4) is 0 Å². The monoisotopic (exact) mass is 248 g/mol. The number of hydrogen-bond donors (Lipinski definition) is 1. The fourth-order valence-electron chi connectivity index (χ4n) is 1.66. The van der Waals surface area contributed by atoms with Gasteiger partial charge in [-0.1, -0.05) is 23.7 Å². The molecule has 4 heteroatoms. The van der Waals surface area contributed by atoms with Crippen LogP contribution in [0.25, 0.3) is 11.4 Å². The molecule has 0 radical (unpaired) electrons.